The summed E-state index contributed by atoms with van der Waals surface area (Å²) in [6.45, 7) is 6.99. The highest BCUT2D eigenvalue weighted by atomic mass is 35.5. The number of allylic oxidation sites excluding steroid dienone is 4. The smallest absolute Gasteiger partial charge is 0.0987 e. The monoisotopic (exact) mass is 451 g/mol. The lowest BCUT2D eigenvalue weighted by molar-refractivity contribution is 0.707. The molecule has 3 aromatic rings. The Hall–Kier alpha value is -2.80. The van der Waals surface area contributed by atoms with Gasteiger partial charge in [0.1, 0.15) is 0 Å². The lowest BCUT2D eigenvalue weighted by atomic mass is 10.0. The summed E-state index contributed by atoms with van der Waals surface area (Å²) >= 11 is 12.1. The molecule has 0 spiro atoms. The molecule has 0 fully saturated rings. The zero-order chi connectivity index (χ0) is 22.6. The van der Waals surface area contributed by atoms with Gasteiger partial charge in [-0.3, -0.25) is 0 Å². The quantitative estimate of drug-likeness (QED) is 0.282. The van der Waals surface area contributed by atoms with Gasteiger partial charge in [-0.15, -0.1) is 0 Å². The van der Waals surface area contributed by atoms with Crippen LogP contribution in [0.5, 0.6) is 0 Å². The van der Waals surface area contributed by atoms with E-state index in [-0.39, 0.29) is 0 Å². The number of hydrogen-bond acceptors (Lipinski definition) is 2. The van der Waals surface area contributed by atoms with Gasteiger partial charge in [-0.25, -0.2) is 4.98 Å². The molecule has 0 aliphatic rings. The minimum absolute atomic E-state index is 0.704. The van der Waals surface area contributed by atoms with Crippen LogP contribution in [0.4, 0.5) is 0 Å². The van der Waals surface area contributed by atoms with Crippen LogP contribution in [0.2, 0.25) is 10.0 Å². The third kappa shape index (κ3) is 7.75. The molecule has 0 aliphatic heterocycles. The number of hydrogen-bond donors (Lipinski definition) is 0. The fourth-order valence-corrected chi connectivity index (χ4v) is 3.33. The number of nitrogens with zero attached hydrogens (tertiary/aromatic N) is 3. The molecule has 160 valence electrons. The first kappa shape index (κ1) is 24.5. The van der Waals surface area contributed by atoms with E-state index in [4.69, 9.17) is 28.5 Å². The molecule has 0 unspecified atom stereocenters. The Morgan fingerprint density at radius 2 is 1.90 bits per heavy atom. The van der Waals surface area contributed by atoms with Crippen molar-refractivity contribution in [2.45, 2.75) is 40.2 Å². The van der Waals surface area contributed by atoms with E-state index < -0.39 is 0 Å². The normalized spacial score (nSPS) is 11.2. The highest BCUT2D eigenvalue weighted by Crippen LogP contribution is 2.30. The fraction of sp³-hybridized carbons (Fsp3) is 0.231. The highest BCUT2D eigenvalue weighted by Gasteiger charge is 2.03. The molecule has 0 N–H and O–H groups in total. The molecule has 31 heavy (non-hydrogen) atoms. The Balaban J connectivity index is 0.000000220. The van der Waals surface area contributed by atoms with Gasteiger partial charge in [0, 0.05) is 39.6 Å². The molecule has 3 rings (SSSR count). The maximum absolute atomic E-state index is 8.71. The number of nitriles is 1. The van der Waals surface area contributed by atoms with Crippen LogP contribution in [0.1, 0.15) is 31.5 Å². The zero-order valence-corrected chi connectivity index (χ0v) is 19.7. The van der Waals surface area contributed by atoms with Crippen molar-refractivity contribution in [2.24, 2.45) is 0 Å². The van der Waals surface area contributed by atoms with Crippen LogP contribution in [-0.2, 0) is 13.0 Å². The van der Waals surface area contributed by atoms with Crippen molar-refractivity contribution in [1.29, 1.82) is 5.26 Å². The largest absolute Gasteiger partial charge is 0.335 e. The first-order valence-corrected chi connectivity index (χ1v) is 11.0. The van der Waals surface area contributed by atoms with E-state index in [1.165, 1.54) is 11.3 Å². The minimum Gasteiger partial charge on any atom is -0.335 e. The third-order valence-electron chi connectivity index (χ3n) is 4.73. The summed E-state index contributed by atoms with van der Waals surface area (Å²) in [7, 11) is 0. The van der Waals surface area contributed by atoms with E-state index in [2.05, 4.69) is 41.6 Å². The molecule has 0 amide bonds. The first-order valence-electron chi connectivity index (χ1n) is 10.2. The Kier molecular flexibility index (Phi) is 10.1. The summed E-state index contributed by atoms with van der Waals surface area (Å²) in [5.41, 5.74) is 5.25. The van der Waals surface area contributed by atoms with Gasteiger partial charge < -0.3 is 4.57 Å². The second-order valence-electron chi connectivity index (χ2n) is 6.96. The van der Waals surface area contributed by atoms with Gasteiger partial charge in [-0.1, -0.05) is 65.2 Å². The van der Waals surface area contributed by atoms with Crippen molar-refractivity contribution in [2.75, 3.05) is 0 Å². The van der Waals surface area contributed by atoms with Gasteiger partial charge in [0.2, 0.25) is 0 Å². The Labute approximate surface area is 195 Å². The predicted octanol–water partition coefficient (Wildman–Crippen LogP) is 7.83. The lowest BCUT2D eigenvalue weighted by Crippen LogP contribution is -1.98. The van der Waals surface area contributed by atoms with Crippen molar-refractivity contribution in [3.05, 3.63) is 100 Å². The van der Waals surface area contributed by atoms with Crippen LogP contribution in [0.3, 0.4) is 0 Å². The van der Waals surface area contributed by atoms with E-state index in [0.717, 1.165) is 35.5 Å². The Morgan fingerprint density at radius 1 is 1.16 bits per heavy atom. The van der Waals surface area contributed by atoms with Crippen LogP contribution in [0, 0.1) is 18.3 Å². The second-order valence-corrected chi connectivity index (χ2v) is 7.80. The van der Waals surface area contributed by atoms with Crippen LogP contribution in [0.25, 0.3) is 11.1 Å². The van der Waals surface area contributed by atoms with Crippen molar-refractivity contribution >= 4 is 23.2 Å². The molecule has 0 radical (unpaired) electrons. The van der Waals surface area contributed by atoms with Crippen molar-refractivity contribution < 1.29 is 0 Å². The highest BCUT2D eigenvalue weighted by molar-refractivity contribution is 6.35. The number of aryl methyl sites for hydroxylation is 3. The first-order chi connectivity index (χ1) is 15.0. The van der Waals surface area contributed by atoms with E-state index in [9.17, 15) is 0 Å². The van der Waals surface area contributed by atoms with Gasteiger partial charge in [0.05, 0.1) is 12.4 Å². The number of benzene rings is 2. The van der Waals surface area contributed by atoms with Crippen LogP contribution >= 0.6 is 23.2 Å². The standard InChI is InChI=1S/C13H10Cl2.C13H17N3/c1-9-2-4-10(5-3-9)12-8-11(14)6-7-13(12)15;1-3-12(9-14)7-5-6-8-13-10-15-11-16(13)4-2/h2-8H,1H3;3,5,7,10-11H,4,6,8H2,1-2H3/b;7-5-,12-3+. The van der Waals surface area contributed by atoms with Crippen LogP contribution < -0.4 is 0 Å². The molecule has 0 bridgehead atoms. The number of aromatic nitrogens is 2. The molecule has 0 saturated carbocycles. The molecule has 0 atom stereocenters. The second kappa shape index (κ2) is 12.8. The Morgan fingerprint density at radius 3 is 2.55 bits per heavy atom. The lowest BCUT2D eigenvalue weighted by Gasteiger charge is -2.05. The van der Waals surface area contributed by atoms with E-state index in [1.54, 1.807) is 6.07 Å². The molecule has 2 aromatic carbocycles. The average Bonchev–Trinajstić information content (AvgIpc) is 3.24. The fourth-order valence-electron chi connectivity index (χ4n) is 2.93. The predicted molar refractivity (Wildman–Crippen MR) is 131 cm³/mol. The molecule has 0 saturated heterocycles. The topological polar surface area (TPSA) is 41.6 Å². The molecule has 1 aromatic heterocycles. The molecule has 1 heterocycles. The number of rotatable bonds is 6. The zero-order valence-electron chi connectivity index (χ0n) is 18.1. The summed E-state index contributed by atoms with van der Waals surface area (Å²) in [6.07, 6.45) is 11.4. The molecule has 5 heteroatoms. The maximum Gasteiger partial charge on any atom is 0.0987 e. The summed E-state index contributed by atoms with van der Waals surface area (Å²) in [6, 6.07) is 15.8. The minimum atomic E-state index is 0.704. The molecule has 0 aliphatic carbocycles. The van der Waals surface area contributed by atoms with Gasteiger partial charge in [0.15, 0.2) is 0 Å². The summed E-state index contributed by atoms with van der Waals surface area (Å²) in [5.74, 6) is 0. The van der Waals surface area contributed by atoms with Crippen LogP contribution in [-0.4, -0.2) is 9.55 Å². The van der Waals surface area contributed by atoms with Crippen molar-refractivity contribution in [3.63, 3.8) is 0 Å². The molecular weight excluding hydrogens is 425 g/mol. The van der Waals surface area contributed by atoms with E-state index in [0.29, 0.717) is 10.6 Å². The third-order valence-corrected chi connectivity index (χ3v) is 5.30. The summed E-state index contributed by atoms with van der Waals surface area (Å²) in [5, 5.41) is 10.1. The number of imidazole rings is 1. The van der Waals surface area contributed by atoms with Crippen LogP contribution in [0.15, 0.2) is 78.8 Å². The van der Waals surface area contributed by atoms with Crippen molar-refractivity contribution in [3.8, 4) is 17.2 Å². The number of halogens is 2. The Bertz CT molecular complexity index is 1070. The van der Waals surface area contributed by atoms with Gasteiger partial charge in [-0.05, 0) is 63.5 Å². The van der Waals surface area contributed by atoms with Gasteiger partial charge >= 0.3 is 0 Å². The van der Waals surface area contributed by atoms with E-state index in [1.807, 2.05) is 61.9 Å². The SMILES string of the molecule is C/C=C(C#N)\C=C/CCc1cncn1CC.Cc1ccc(-c2cc(Cl)ccc2Cl)cc1. The molecular formula is C26H27Cl2N3. The summed E-state index contributed by atoms with van der Waals surface area (Å²) < 4.78 is 2.13. The maximum atomic E-state index is 8.71. The average molecular weight is 452 g/mol. The van der Waals surface area contributed by atoms with E-state index >= 15 is 0 Å². The summed E-state index contributed by atoms with van der Waals surface area (Å²) in [4.78, 5) is 4.11. The van der Waals surface area contributed by atoms with Gasteiger partial charge in [-0.2, -0.15) is 5.26 Å². The molecule has 3 nitrogen and oxygen atoms in total. The van der Waals surface area contributed by atoms with Crippen molar-refractivity contribution in [1.82, 2.24) is 9.55 Å². The van der Waals surface area contributed by atoms with Gasteiger partial charge in [0.25, 0.3) is 0 Å².